The molecule has 1 saturated heterocycles. The van der Waals surface area contributed by atoms with Gasteiger partial charge in [-0.1, -0.05) is 6.07 Å². The van der Waals surface area contributed by atoms with E-state index in [-0.39, 0.29) is 22.5 Å². The number of hydrogen-bond acceptors (Lipinski definition) is 6. The zero-order valence-electron chi connectivity index (χ0n) is 19.0. The normalized spacial score (nSPS) is 14.5. The molecule has 2 N–H and O–H groups in total. The van der Waals surface area contributed by atoms with E-state index in [9.17, 15) is 18.0 Å². The Morgan fingerprint density at radius 1 is 1.14 bits per heavy atom. The van der Waals surface area contributed by atoms with Gasteiger partial charge in [-0.25, -0.2) is 9.97 Å². The molecule has 182 valence electrons. The maximum Gasteiger partial charge on any atom is 0.417 e. The third-order valence-corrected chi connectivity index (χ3v) is 6.93. The number of imidazole rings is 1. The van der Waals surface area contributed by atoms with Gasteiger partial charge in [0.15, 0.2) is 5.13 Å². The highest BCUT2D eigenvalue weighted by molar-refractivity contribution is 7.15. The molecule has 11 heteroatoms. The van der Waals surface area contributed by atoms with E-state index in [4.69, 9.17) is 4.74 Å². The fourth-order valence-electron chi connectivity index (χ4n) is 4.03. The first kappa shape index (κ1) is 23.3. The van der Waals surface area contributed by atoms with Crippen molar-refractivity contribution in [2.75, 3.05) is 36.5 Å². The molecular formula is C24H22F3N5O2S. The van der Waals surface area contributed by atoms with E-state index in [0.717, 1.165) is 16.6 Å². The number of anilines is 2. The number of amides is 1. The van der Waals surface area contributed by atoms with E-state index in [1.807, 2.05) is 18.7 Å². The number of carbonyl (C=O) groups excluding carboxylic acids is 1. The molecular weight excluding hydrogens is 479 g/mol. The summed E-state index contributed by atoms with van der Waals surface area (Å²) >= 11 is 1.35. The molecule has 1 aliphatic heterocycles. The van der Waals surface area contributed by atoms with Crippen LogP contribution in [0.25, 0.3) is 22.4 Å². The first-order valence-electron chi connectivity index (χ1n) is 11.0. The predicted molar refractivity (Wildman–Crippen MR) is 129 cm³/mol. The van der Waals surface area contributed by atoms with Gasteiger partial charge in [0.25, 0.3) is 5.91 Å². The summed E-state index contributed by atoms with van der Waals surface area (Å²) in [6.07, 6.45) is -4.59. The number of rotatable bonds is 4. The van der Waals surface area contributed by atoms with Crippen molar-refractivity contribution in [1.29, 1.82) is 0 Å². The number of benzene rings is 2. The van der Waals surface area contributed by atoms with Gasteiger partial charge in [0.2, 0.25) is 0 Å². The Morgan fingerprint density at radius 2 is 1.91 bits per heavy atom. The smallest absolute Gasteiger partial charge is 0.378 e. The Bertz CT molecular complexity index is 1390. The number of H-pyrrole nitrogens is 1. The molecule has 5 rings (SSSR count). The van der Waals surface area contributed by atoms with Crippen molar-refractivity contribution in [3.05, 3.63) is 58.1 Å². The molecule has 2 aromatic carbocycles. The summed E-state index contributed by atoms with van der Waals surface area (Å²) in [6, 6.07) is 9.14. The highest BCUT2D eigenvalue weighted by Crippen LogP contribution is 2.39. The molecule has 2 aromatic heterocycles. The Morgan fingerprint density at radius 3 is 2.60 bits per heavy atom. The lowest BCUT2D eigenvalue weighted by Crippen LogP contribution is -2.36. The topological polar surface area (TPSA) is 83.1 Å². The lowest BCUT2D eigenvalue weighted by atomic mass is 10.0. The van der Waals surface area contributed by atoms with Crippen molar-refractivity contribution >= 4 is 39.1 Å². The average Bonchev–Trinajstić information content (AvgIpc) is 3.41. The van der Waals surface area contributed by atoms with Gasteiger partial charge in [-0.3, -0.25) is 10.1 Å². The van der Waals surface area contributed by atoms with Crippen molar-refractivity contribution in [2.45, 2.75) is 20.0 Å². The SMILES string of the molecule is Cc1nc(NC(=O)c2cccc3[nH]c(-c4ccc(N5CCOCC5)cc4C(F)(F)F)nc23)sc1C. The lowest BCUT2D eigenvalue weighted by molar-refractivity contribution is -0.137. The number of aromatic nitrogens is 3. The molecule has 0 bridgehead atoms. The lowest BCUT2D eigenvalue weighted by Gasteiger charge is -2.29. The molecule has 1 aliphatic rings. The number of hydrogen-bond donors (Lipinski definition) is 2. The summed E-state index contributed by atoms with van der Waals surface area (Å²) in [6.45, 7) is 5.75. The van der Waals surface area contributed by atoms with E-state index in [1.165, 1.54) is 17.4 Å². The quantitative estimate of drug-likeness (QED) is 0.391. The number of morpholine rings is 1. The maximum absolute atomic E-state index is 14.1. The number of aromatic amines is 1. The van der Waals surface area contributed by atoms with Crippen LogP contribution in [-0.4, -0.2) is 47.2 Å². The third-order valence-electron chi connectivity index (χ3n) is 5.95. The van der Waals surface area contributed by atoms with Gasteiger partial charge in [-0.2, -0.15) is 13.2 Å². The van der Waals surface area contributed by atoms with Gasteiger partial charge < -0.3 is 14.6 Å². The summed E-state index contributed by atoms with van der Waals surface area (Å²) in [5, 5.41) is 3.21. The van der Waals surface area contributed by atoms with E-state index < -0.39 is 17.6 Å². The number of halogens is 3. The second-order valence-corrected chi connectivity index (χ2v) is 9.43. The van der Waals surface area contributed by atoms with Crippen LogP contribution in [0.1, 0.15) is 26.5 Å². The molecule has 0 atom stereocenters. The van der Waals surface area contributed by atoms with Gasteiger partial charge in [0.05, 0.1) is 35.6 Å². The minimum atomic E-state index is -4.59. The molecule has 1 fully saturated rings. The number of fused-ring (bicyclic) bond motifs is 1. The van der Waals surface area contributed by atoms with E-state index in [2.05, 4.69) is 20.3 Å². The standard InChI is InChI=1S/C24H22F3N5O2S/c1-13-14(2)35-23(28-13)31-22(33)17-4-3-5-19-20(17)30-21(29-19)16-7-6-15(12-18(16)24(25,26)27)32-8-10-34-11-9-32/h3-7,12H,8-11H2,1-2H3,(H,29,30)(H,28,31,33). The molecule has 0 unspecified atom stereocenters. The molecule has 35 heavy (non-hydrogen) atoms. The van der Waals surface area contributed by atoms with Gasteiger partial charge in [0, 0.05) is 29.2 Å². The summed E-state index contributed by atoms with van der Waals surface area (Å²) in [4.78, 5) is 27.5. The van der Waals surface area contributed by atoms with Gasteiger partial charge >= 0.3 is 6.18 Å². The second kappa shape index (κ2) is 8.97. The van der Waals surface area contributed by atoms with Crippen molar-refractivity contribution in [2.24, 2.45) is 0 Å². The summed E-state index contributed by atoms with van der Waals surface area (Å²) in [5.41, 5.74) is 1.43. The third kappa shape index (κ3) is 4.61. The zero-order valence-corrected chi connectivity index (χ0v) is 19.8. The number of aryl methyl sites for hydroxylation is 2. The molecule has 0 spiro atoms. The summed E-state index contributed by atoms with van der Waals surface area (Å²) in [5.74, 6) is -0.386. The zero-order chi connectivity index (χ0) is 24.7. The first-order chi connectivity index (χ1) is 16.7. The maximum atomic E-state index is 14.1. The van der Waals surface area contributed by atoms with Crippen molar-refractivity contribution in [3.63, 3.8) is 0 Å². The van der Waals surface area contributed by atoms with Gasteiger partial charge in [-0.15, -0.1) is 11.3 Å². The summed E-state index contributed by atoms with van der Waals surface area (Å²) < 4.78 is 47.5. The van der Waals surface area contributed by atoms with Crippen LogP contribution in [0.15, 0.2) is 36.4 Å². The van der Waals surface area contributed by atoms with Crippen LogP contribution >= 0.6 is 11.3 Å². The van der Waals surface area contributed by atoms with Crippen molar-refractivity contribution in [3.8, 4) is 11.4 Å². The van der Waals surface area contributed by atoms with Gasteiger partial charge in [-0.05, 0) is 44.2 Å². The van der Waals surface area contributed by atoms with Crippen LogP contribution in [-0.2, 0) is 10.9 Å². The number of nitrogens with zero attached hydrogens (tertiary/aromatic N) is 3. The van der Waals surface area contributed by atoms with Crippen LogP contribution in [0, 0.1) is 13.8 Å². The van der Waals surface area contributed by atoms with Crippen LogP contribution in [0.2, 0.25) is 0 Å². The predicted octanol–water partition coefficient (Wildman–Crippen LogP) is 5.41. The Kier molecular flexibility index (Phi) is 5.97. The first-order valence-corrected chi connectivity index (χ1v) is 11.8. The Labute approximate surface area is 203 Å². The minimum absolute atomic E-state index is 0.0436. The van der Waals surface area contributed by atoms with E-state index >= 15 is 0 Å². The van der Waals surface area contributed by atoms with Crippen LogP contribution in [0.4, 0.5) is 24.0 Å². The fraction of sp³-hybridized carbons (Fsp3) is 0.292. The number of ether oxygens (including phenoxy) is 1. The molecule has 0 radical (unpaired) electrons. The monoisotopic (exact) mass is 501 g/mol. The van der Waals surface area contributed by atoms with Crippen LogP contribution in [0.3, 0.4) is 0 Å². The van der Waals surface area contributed by atoms with Crippen molar-refractivity contribution < 1.29 is 22.7 Å². The largest absolute Gasteiger partial charge is 0.417 e. The Balaban J connectivity index is 1.53. The molecule has 3 heterocycles. The van der Waals surface area contributed by atoms with Crippen molar-refractivity contribution in [1.82, 2.24) is 15.0 Å². The highest BCUT2D eigenvalue weighted by atomic mass is 32.1. The minimum Gasteiger partial charge on any atom is -0.378 e. The Hall–Kier alpha value is -3.44. The number of carbonyl (C=O) groups is 1. The van der Waals surface area contributed by atoms with Gasteiger partial charge in [0.1, 0.15) is 11.3 Å². The van der Waals surface area contributed by atoms with E-state index in [0.29, 0.717) is 42.6 Å². The molecule has 0 saturated carbocycles. The number of para-hydroxylation sites is 1. The van der Waals surface area contributed by atoms with E-state index in [1.54, 1.807) is 24.3 Å². The fourth-order valence-corrected chi connectivity index (χ4v) is 4.83. The average molecular weight is 502 g/mol. The summed E-state index contributed by atoms with van der Waals surface area (Å²) in [7, 11) is 0. The number of alkyl halides is 3. The second-order valence-electron chi connectivity index (χ2n) is 8.23. The number of nitrogens with one attached hydrogen (secondary N) is 2. The molecule has 4 aromatic rings. The molecule has 7 nitrogen and oxygen atoms in total. The molecule has 0 aliphatic carbocycles. The van der Waals surface area contributed by atoms with Crippen LogP contribution < -0.4 is 10.2 Å². The number of thiazole rings is 1. The highest BCUT2D eigenvalue weighted by Gasteiger charge is 2.35. The molecule has 1 amide bonds. The van der Waals surface area contributed by atoms with Crippen LogP contribution in [0.5, 0.6) is 0 Å².